The molecule has 0 radical (unpaired) electrons. The highest BCUT2D eigenvalue weighted by Crippen LogP contribution is 2.30. The van der Waals surface area contributed by atoms with Crippen molar-refractivity contribution in [2.45, 2.75) is 58.1 Å². The van der Waals surface area contributed by atoms with E-state index in [9.17, 15) is 14.4 Å². The lowest BCUT2D eigenvalue weighted by Gasteiger charge is -2.33. The largest absolute Gasteiger partial charge is 0.448 e. The van der Waals surface area contributed by atoms with Gasteiger partial charge >= 0.3 is 5.97 Å². The Hall–Kier alpha value is -2.06. The van der Waals surface area contributed by atoms with Gasteiger partial charge in [-0.25, -0.2) is 9.78 Å². The number of hydrogen-bond acceptors (Lipinski definition) is 7. The Morgan fingerprint density at radius 1 is 1.22 bits per heavy atom. The van der Waals surface area contributed by atoms with E-state index in [2.05, 4.69) is 4.98 Å². The fourth-order valence-electron chi connectivity index (χ4n) is 3.20. The summed E-state index contributed by atoms with van der Waals surface area (Å²) >= 11 is 2.55. The van der Waals surface area contributed by atoms with E-state index in [1.54, 1.807) is 23.4 Å². The van der Waals surface area contributed by atoms with Crippen LogP contribution in [-0.2, 0) is 9.53 Å². The van der Waals surface area contributed by atoms with Crippen LogP contribution in [0.15, 0.2) is 23.0 Å². The van der Waals surface area contributed by atoms with Crippen LogP contribution < -0.4 is 4.90 Å². The topological polar surface area (TPSA) is 76.6 Å². The second-order valence-corrected chi connectivity index (χ2v) is 8.40. The SMILES string of the molecule is CC(=O)c1csc(C(=O)OC(C)C(=O)N(c2nccs2)C2CCCCC2)c1. The van der Waals surface area contributed by atoms with Crippen molar-refractivity contribution in [2.75, 3.05) is 4.90 Å². The number of ketones is 1. The first-order valence-electron chi connectivity index (χ1n) is 9.00. The molecular formula is C19H22N2O4S2. The van der Waals surface area contributed by atoms with Crippen molar-refractivity contribution in [1.29, 1.82) is 0 Å². The van der Waals surface area contributed by atoms with Crippen LogP contribution in [0, 0.1) is 0 Å². The van der Waals surface area contributed by atoms with Crippen molar-refractivity contribution in [3.05, 3.63) is 33.5 Å². The van der Waals surface area contributed by atoms with Crippen LogP contribution in [0.4, 0.5) is 5.13 Å². The quantitative estimate of drug-likeness (QED) is 0.527. The first kappa shape index (κ1) is 19.7. The second-order valence-electron chi connectivity index (χ2n) is 6.62. The minimum Gasteiger partial charge on any atom is -0.448 e. The van der Waals surface area contributed by atoms with Crippen LogP contribution >= 0.6 is 22.7 Å². The van der Waals surface area contributed by atoms with E-state index >= 15 is 0 Å². The van der Waals surface area contributed by atoms with Gasteiger partial charge in [0.25, 0.3) is 5.91 Å². The van der Waals surface area contributed by atoms with Crippen molar-refractivity contribution in [3.63, 3.8) is 0 Å². The number of Topliss-reactive ketones (excluding diaryl/α,β-unsaturated/α-hetero) is 1. The van der Waals surface area contributed by atoms with E-state index in [-0.39, 0.29) is 17.7 Å². The van der Waals surface area contributed by atoms with Gasteiger partial charge in [-0.2, -0.15) is 0 Å². The standard InChI is InChI=1S/C19H22N2O4S2/c1-12(22)14-10-16(27-11-14)18(24)25-13(2)17(23)21(19-20-8-9-26-19)15-6-4-3-5-7-15/h8-11,13,15H,3-7H2,1-2H3. The number of carbonyl (C=O) groups excluding carboxylic acids is 3. The molecule has 2 aromatic rings. The Balaban J connectivity index is 1.72. The monoisotopic (exact) mass is 406 g/mol. The smallest absolute Gasteiger partial charge is 0.349 e. The molecule has 144 valence electrons. The number of thiophene rings is 1. The molecule has 0 aromatic carbocycles. The molecular weight excluding hydrogens is 384 g/mol. The predicted molar refractivity (Wildman–Crippen MR) is 106 cm³/mol. The zero-order chi connectivity index (χ0) is 19.4. The number of amides is 1. The number of carbonyl (C=O) groups is 3. The zero-order valence-corrected chi connectivity index (χ0v) is 17.0. The fourth-order valence-corrected chi connectivity index (χ4v) is 4.74. The van der Waals surface area contributed by atoms with Crippen LogP contribution in [-0.4, -0.2) is 34.8 Å². The molecule has 1 atom stereocenters. The Labute approximate surface area is 166 Å². The number of rotatable bonds is 6. The lowest BCUT2D eigenvalue weighted by molar-refractivity contribution is -0.127. The van der Waals surface area contributed by atoms with Crippen molar-refractivity contribution in [3.8, 4) is 0 Å². The van der Waals surface area contributed by atoms with Gasteiger partial charge in [0.1, 0.15) is 4.88 Å². The van der Waals surface area contributed by atoms with Crippen molar-refractivity contribution < 1.29 is 19.1 Å². The molecule has 2 aromatic heterocycles. The van der Waals surface area contributed by atoms with Gasteiger partial charge in [0, 0.05) is 28.6 Å². The highest BCUT2D eigenvalue weighted by Gasteiger charge is 2.33. The number of esters is 1. The normalized spacial score (nSPS) is 15.9. The van der Waals surface area contributed by atoms with Crippen LogP contribution in [0.2, 0.25) is 0 Å². The first-order chi connectivity index (χ1) is 13.0. The minimum absolute atomic E-state index is 0.0876. The molecule has 2 heterocycles. The maximum absolute atomic E-state index is 13.1. The third-order valence-corrected chi connectivity index (χ3v) is 6.32. The number of thiazole rings is 1. The lowest BCUT2D eigenvalue weighted by Crippen LogP contribution is -2.47. The summed E-state index contributed by atoms with van der Waals surface area (Å²) in [5.74, 6) is -0.953. The molecule has 0 bridgehead atoms. The third-order valence-electron chi connectivity index (χ3n) is 4.64. The third kappa shape index (κ3) is 4.62. The van der Waals surface area contributed by atoms with Gasteiger partial charge in [-0.1, -0.05) is 19.3 Å². The Morgan fingerprint density at radius 3 is 2.56 bits per heavy atom. The zero-order valence-electron chi connectivity index (χ0n) is 15.3. The molecule has 27 heavy (non-hydrogen) atoms. The van der Waals surface area contributed by atoms with Crippen molar-refractivity contribution in [2.24, 2.45) is 0 Å². The molecule has 8 heteroatoms. The van der Waals surface area contributed by atoms with Gasteiger partial charge in [-0.15, -0.1) is 22.7 Å². The highest BCUT2D eigenvalue weighted by molar-refractivity contribution is 7.13. The van der Waals surface area contributed by atoms with Crippen molar-refractivity contribution in [1.82, 2.24) is 4.98 Å². The summed E-state index contributed by atoms with van der Waals surface area (Å²) in [5.41, 5.74) is 0.470. The maximum atomic E-state index is 13.1. The molecule has 0 N–H and O–H groups in total. The predicted octanol–water partition coefficient (Wildman–Crippen LogP) is 4.32. The Bertz CT molecular complexity index is 810. The second kappa shape index (κ2) is 8.75. The summed E-state index contributed by atoms with van der Waals surface area (Å²) < 4.78 is 5.41. The Morgan fingerprint density at radius 2 is 1.96 bits per heavy atom. The molecule has 0 spiro atoms. The molecule has 6 nitrogen and oxygen atoms in total. The summed E-state index contributed by atoms with van der Waals surface area (Å²) in [4.78, 5) is 43.2. The number of anilines is 1. The van der Waals surface area contributed by atoms with Crippen LogP contribution in [0.3, 0.4) is 0 Å². The maximum Gasteiger partial charge on any atom is 0.349 e. The van der Waals surface area contributed by atoms with Gasteiger partial charge in [0.2, 0.25) is 0 Å². The molecule has 1 aliphatic carbocycles. The van der Waals surface area contributed by atoms with Crippen molar-refractivity contribution >= 4 is 45.5 Å². The summed E-state index contributed by atoms with van der Waals surface area (Å²) in [6, 6.07) is 1.59. The molecule has 1 aliphatic rings. The van der Waals surface area contributed by atoms with E-state index in [1.165, 1.54) is 30.7 Å². The summed E-state index contributed by atoms with van der Waals surface area (Å²) in [6.07, 6.45) is 5.95. The first-order valence-corrected chi connectivity index (χ1v) is 10.8. The van der Waals surface area contributed by atoms with E-state index < -0.39 is 12.1 Å². The number of ether oxygens (including phenoxy) is 1. The molecule has 1 saturated carbocycles. The number of aromatic nitrogens is 1. The van der Waals surface area contributed by atoms with Gasteiger partial charge in [0.05, 0.1) is 0 Å². The van der Waals surface area contributed by atoms with Crippen LogP contribution in [0.1, 0.15) is 66.0 Å². The van der Waals surface area contributed by atoms with Gasteiger partial charge in [-0.3, -0.25) is 14.5 Å². The molecule has 0 saturated heterocycles. The fraction of sp³-hybridized carbons (Fsp3) is 0.474. The lowest BCUT2D eigenvalue weighted by atomic mass is 9.94. The summed E-state index contributed by atoms with van der Waals surface area (Å²) in [5, 5.41) is 4.10. The molecule has 1 amide bonds. The average Bonchev–Trinajstić information content (AvgIpc) is 3.35. The van der Waals surface area contributed by atoms with E-state index in [0.717, 1.165) is 37.0 Å². The van der Waals surface area contributed by atoms with E-state index in [0.29, 0.717) is 15.6 Å². The summed E-state index contributed by atoms with van der Waals surface area (Å²) in [6.45, 7) is 3.03. The molecule has 1 fully saturated rings. The van der Waals surface area contributed by atoms with Gasteiger partial charge in [0.15, 0.2) is 17.0 Å². The Kier molecular flexibility index (Phi) is 6.38. The van der Waals surface area contributed by atoms with Gasteiger partial charge < -0.3 is 4.74 Å². The number of hydrogen-bond donors (Lipinski definition) is 0. The average molecular weight is 407 g/mol. The summed E-state index contributed by atoms with van der Waals surface area (Å²) in [7, 11) is 0. The molecule has 1 unspecified atom stereocenters. The highest BCUT2D eigenvalue weighted by atomic mass is 32.1. The molecule has 3 rings (SSSR count). The van der Waals surface area contributed by atoms with Crippen LogP contribution in [0.5, 0.6) is 0 Å². The van der Waals surface area contributed by atoms with E-state index in [4.69, 9.17) is 4.74 Å². The van der Waals surface area contributed by atoms with Crippen LogP contribution in [0.25, 0.3) is 0 Å². The number of nitrogens with zero attached hydrogens (tertiary/aromatic N) is 2. The minimum atomic E-state index is -0.925. The molecule has 0 aliphatic heterocycles. The van der Waals surface area contributed by atoms with Gasteiger partial charge in [-0.05, 0) is 32.8 Å². The van der Waals surface area contributed by atoms with E-state index in [1.807, 2.05) is 5.38 Å².